The zero-order valence-corrected chi connectivity index (χ0v) is 12.9. The highest BCUT2D eigenvalue weighted by atomic mass is 28.3. The molecule has 106 valence electrons. The van der Waals surface area contributed by atoms with Crippen LogP contribution in [0.2, 0.25) is 25.2 Å². The molecular formula is C14H24N2O2Si. The summed E-state index contributed by atoms with van der Waals surface area (Å²) in [5.41, 5.74) is 4.55. The van der Waals surface area contributed by atoms with Crippen LogP contribution in [0.1, 0.15) is 22.5 Å². The minimum Gasteiger partial charge on any atom is -0.396 e. The molecule has 0 saturated carbocycles. The van der Waals surface area contributed by atoms with Gasteiger partial charge in [0.05, 0.1) is 11.4 Å². The predicted octanol–water partition coefficient (Wildman–Crippen LogP) is 1.35. The summed E-state index contributed by atoms with van der Waals surface area (Å²) in [6.45, 7) is 5.14. The average Bonchev–Trinajstić information content (AvgIpc) is 2.53. The van der Waals surface area contributed by atoms with Gasteiger partial charge >= 0.3 is 0 Å². The van der Waals surface area contributed by atoms with Gasteiger partial charge in [-0.1, -0.05) is 25.2 Å². The molecule has 1 aromatic heterocycles. The molecule has 0 radical (unpaired) electrons. The van der Waals surface area contributed by atoms with Crippen LogP contribution in [-0.2, 0) is 25.7 Å². The van der Waals surface area contributed by atoms with Crippen molar-refractivity contribution < 1.29 is 10.2 Å². The molecule has 0 aromatic carbocycles. The highest BCUT2D eigenvalue weighted by Crippen LogP contribution is 2.30. The van der Waals surface area contributed by atoms with Crippen LogP contribution in [-0.4, -0.2) is 41.7 Å². The summed E-state index contributed by atoms with van der Waals surface area (Å²) in [5.74, 6) is 0. The minimum atomic E-state index is -1.11. The lowest BCUT2D eigenvalue weighted by Crippen LogP contribution is -2.24. The van der Waals surface area contributed by atoms with E-state index in [-0.39, 0.29) is 13.2 Å². The molecule has 0 unspecified atom stereocenters. The van der Waals surface area contributed by atoms with Crippen LogP contribution < -0.4 is 0 Å². The van der Waals surface area contributed by atoms with Crippen LogP contribution in [0.3, 0.4) is 0 Å². The Balaban J connectivity index is 2.40. The molecule has 0 saturated heterocycles. The Labute approximate surface area is 115 Å². The number of aliphatic hydroxyl groups is 2. The number of hydrogen-bond donors (Lipinski definition) is 2. The molecule has 2 heterocycles. The van der Waals surface area contributed by atoms with Gasteiger partial charge in [0.15, 0.2) is 0 Å². The molecule has 0 amide bonds. The molecule has 2 rings (SSSR count). The molecular weight excluding hydrogens is 256 g/mol. The third kappa shape index (κ3) is 3.41. The van der Waals surface area contributed by atoms with Gasteiger partial charge in [0.1, 0.15) is 0 Å². The van der Waals surface area contributed by atoms with Crippen molar-refractivity contribution in [3.05, 3.63) is 22.5 Å². The van der Waals surface area contributed by atoms with Gasteiger partial charge in [0, 0.05) is 34.1 Å². The molecule has 4 nitrogen and oxygen atoms in total. The van der Waals surface area contributed by atoms with Crippen molar-refractivity contribution in [1.29, 1.82) is 0 Å². The third-order valence-electron chi connectivity index (χ3n) is 4.15. The van der Waals surface area contributed by atoms with Gasteiger partial charge in [-0.3, -0.25) is 0 Å². The van der Waals surface area contributed by atoms with E-state index >= 15 is 0 Å². The van der Waals surface area contributed by atoms with E-state index in [1.807, 2.05) is 0 Å². The SMILES string of the molecule is C[Si]1(C)CCc2c(CCO)nnc(CCO)c2CC1. The van der Waals surface area contributed by atoms with E-state index < -0.39 is 8.07 Å². The smallest absolute Gasteiger partial charge is 0.0688 e. The molecule has 19 heavy (non-hydrogen) atoms. The van der Waals surface area contributed by atoms with Crippen molar-refractivity contribution >= 4 is 8.07 Å². The fourth-order valence-corrected chi connectivity index (χ4v) is 4.95. The molecule has 0 atom stereocenters. The maximum atomic E-state index is 9.17. The average molecular weight is 280 g/mol. The Morgan fingerprint density at radius 1 is 0.895 bits per heavy atom. The highest BCUT2D eigenvalue weighted by molar-refractivity contribution is 6.77. The number of rotatable bonds is 4. The topological polar surface area (TPSA) is 66.2 Å². The van der Waals surface area contributed by atoms with E-state index in [9.17, 15) is 0 Å². The van der Waals surface area contributed by atoms with Crippen molar-refractivity contribution in [2.24, 2.45) is 0 Å². The zero-order valence-electron chi connectivity index (χ0n) is 11.9. The zero-order chi connectivity index (χ0) is 13.9. The molecule has 1 aliphatic heterocycles. The monoisotopic (exact) mass is 280 g/mol. The summed E-state index contributed by atoms with van der Waals surface area (Å²) in [4.78, 5) is 0. The van der Waals surface area contributed by atoms with Crippen LogP contribution in [0.4, 0.5) is 0 Å². The lowest BCUT2D eigenvalue weighted by atomic mass is 9.98. The van der Waals surface area contributed by atoms with Crippen molar-refractivity contribution in [3.63, 3.8) is 0 Å². The summed E-state index contributed by atoms with van der Waals surface area (Å²) in [5, 5.41) is 26.9. The summed E-state index contributed by atoms with van der Waals surface area (Å²) in [6, 6.07) is 2.56. The van der Waals surface area contributed by atoms with E-state index in [0.717, 1.165) is 24.2 Å². The van der Waals surface area contributed by atoms with Crippen LogP contribution in [0.15, 0.2) is 0 Å². The molecule has 5 heteroatoms. The Kier molecular flexibility index (Phi) is 4.70. The Hall–Kier alpha value is -0.783. The second-order valence-corrected chi connectivity index (χ2v) is 11.5. The Morgan fingerprint density at radius 3 is 1.68 bits per heavy atom. The van der Waals surface area contributed by atoms with E-state index in [0.29, 0.717) is 12.8 Å². The quantitative estimate of drug-likeness (QED) is 0.817. The van der Waals surface area contributed by atoms with Gasteiger partial charge in [-0.05, 0) is 24.0 Å². The fraction of sp³-hybridized carbons (Fsp3) is 0.714. The first-order chi connectivity index (χ1) is 9.07. The van der Waals surface area contributed by atoms with Gasteiger partial charge in [0.25, 0.3) is 0 Å². The largest absolute Gasteiger partial charge is 0.396 e. The summed E-state index contributed by atoms with van der Waals surface area (Å²) >= 11 is 0. The van der Waals surface area contributed by atoms with Gasteiger partial charge in [-0.2, -0.15) is 10.2 Å². The first kappa shape index (κ1) is 14.6. The maximum absolute atomic E-state index is 9.17. The van der Waals surface area contributed by atoms with Crippen LogP contribution >= 0.6 is 0 Å². The number of aromatic nitrogens is 2. The van der Waals surface area contributed by atoms with Gasteiger partial charge < -0.3 is 10.2 Å². The first-order valence-electron chi connectivity index (χ1n) is 7.15. The summed E-state index contributed by atoms with van der Waals surface area (Å²) in [7, 11) is -1.11. The molecule has 0 fully saturated rings. The van der Waals surface area contributed by atoms with E-state index in [1.54, 1.807) is 0 Å². The standard InChI is InChI=1S/C14H24N2O2Si/c1-19(2)9-5-11-12(6-10-19)14(4-8-18)16-15-13(11)3-7-17/h17-18H,3-10H2,1-2H3. The van der Waals surface area contributed by atoms with Crippen LogP contribution in [0.5, 0.6) is 0 Å². The van der Waals surface area contributed by atoms with Gasteiger partial charge in [-0.15, -0.1) is 0 Å². The highest BCUT2D eigenvalue weighted by Gasteiger charge is 2.27. The molecule has 0 spiro atoms. The Bertz CT molecular complexity index is 410. The summed E-state index contributed by atoms with van der Waals surface area (Å²) in [6.07, 6.45) is 3.32. The van der Waals surface area contributed by atoms with Gasteiger partial charge in [-0.25, -0.2) is 0 Å². The second kappa shape index (κ2) is 6.11. The van der Waals surface area contributed by atoms with Crippen molar-refractivity contribution in [2.75, 3.05) is 13.2 Å². The minimum absolute atomic E-state index is 0.126. The lowest BCUT2D eigenvalue weighted by Gasteiger charge is -2.18. The lowest BCUT2D eigenvalue weighted by molar-refractivity contribution is 0.294. The first-order valence-corrected chi connectivity index (χ1v) is 10.6. The van der Waals surface area contributed by atoms with E-state index in [1.165, 1.54) is 23.2 Å². The normalized spacial score (nSPS) is 17.9. The number of hydrogen-bond acceptors (Lipinski definition) is 4. The number of fused-ring (bicyclic) bond motifs is 1. The predicted molar refractivity (Wildman–Crippen MR) is 78.1 cm³/mol. The molecule has 1 aromatic rings. The van der Waals surface area contributed by atoms with Crippen LogP contribution in [0, 0.1) is 0 Å². The molecule has 1 aliphatic rings. The molecule has 2 N–H and O–H groups in total. The second-order valence-electron chi connectivity index (χ2n) is 6.16. The maximum Gasteiger partial charge on any atom is 0.0688 e. The van der Waals surface area contributed by atoms with Crippen molar-refractivity contribution in [3.8, 4) is 0 Å². The number of nitrogens with zero attached hydrogens (tertiary/aromatic N) is 2. The van der Waals surface area contributed by atoms with Crippen molar-refractivity contribution in [2.45, 2.75) is 50.9 Å². The van der Waals surface area contributed by atoms with Gasteiger partial charge in [0.2, 0.25) is 0 Å². The van der Waals surface area contributed by atoms with E-state index in [2.05, 4.69) is 23.3 Å². The van der Waals surface area contributed by atoms with E-state index in [4.69, 9.17) is 10.2 Å². The fourth-order valence-electron chi connectivity index (χ4n) is 2.85. The molecule has 0 bridgehead atoms. The van der Waals surface area contributed by atoms with Crippen molar-refractivity contribution in [1.82, 2.24) is 10.2 Å². The number of aliphatic hydroxyl groups excluding tert-OH is 2. The Morgan fingerprint density at radius 2 is 1.32 bits per heavy atom. The molecule has 0 aliphatic carbocycles. The third-order valence-corrected chi connectivity index (χ3v) is 7.36. The van der Waals surface area contributed by atoms with Crippen LogP contribution in [0.25, 0.3) is 0 Å². The summed E-state index contributed by atoms with van der Waals surface area (Å²) < 4.78 is 0.